The maximum Gasteiger partial charge on any atom is 0.230 e. The summed E-state index contributed by atoms with van der Waals surface area (Å²) < 4.78 is 1.12. The van der Waals surface area contributed by atoms with Crippen molar-refractivity contribution in [3.05, 3.63) is 27.7 Å². The van der Waals surface area contributed by atoms with Crippen molar-refractivity contribution in [2.24, 2.45) is 0 Å². The molecule has 3 nitrogen and oxygen atoms in total. The highest BCUT2D eigenvalue weighted by molar-refractivity contribution is 9.10. The summed E-state index contributed by atoms with van der Waals surface area (Å²) in [5.74, 6) is 0.608. The molecule has 0 aliphatic carbocycles. The summed E-state index contributed by atoms with van der Waals surface area (Å²) in [5.41, 5.74) is 2.41. The molecule has 112 valence electrons. The Morgan fingerprint density at radius 2 is 2.20 bits per heavy atom. The van der Waals surface area contributed by atoms with Crippen molar-refractivity contribution in [1.82, 2.24) is 10.6 Å². The predicted octanol–water partition coefficient (Wildman–Crippen LogP) is 3.06. The third-order valence-electron chi connectivity index (χ3n) is 3.24. The molecule has 1 aromatic carbocycles. The Bertz CT molecular complexity index is 478. The Kier molecular flexibility index (Phi) is 7.37. The highest BCUT2D eigenvalue weighted by Gasteiger charge is 2.16. The van der Waals surface area contributed by atoms with E-state index >= 15 is 0 Å². The molecule has 1 heterocycles. The van der Waals surface area contributed by atoms with Crippen LogP contribution in [0.25, 0.3) is 0 Å². The minimum Gasteiger partial charge on any atom is -0.351 e. The highest BCUT2D eigenvalue weighted by atomic mass is 79.9. The number of amides is 1. The summed E-state index contributed by atoms with van der Waals surface area (Å²) in [6.45, 7) is 6.04. The van der Waals surface area contributed by atoms with Gasteiger partial charge in [0.2, 0.25) is 5.91 Å². The van der Waals surface area contributed by atoms with Gasteiger partial charge in [-0.25, -0.2) is 0 Å². The number of thioether (sulfide) groups is 1. The lowest BCUT2D eigenvalue weighted by molar-refractivity contribution is -0.119. The maximum absolute atomic E-state index is 11.9. The Morgan fingerprint density at radius 3 is 2.85 bits per heavy atom. The van der Waals surface area contributed by atoms with Gasteiger partial charge in [-0.1, -0.05) is 15.9 Å². The lowest BCUT2D eigenvalue weighted by atomic mass is 10.2. The Hall–Kier alpha value is -0.230. The summed E-state index contributed by atoms with van der Waals surface area (Å²) in [4.78, 5) is 13.0. The van der Waals surface area contributed by atoms with E-state index in [1.165, 1.54) is 16.0 Å². The van der Waals surface area contributed by atoms with Crippen LogP contribution in [0.15, 0.2) is 21.5 Å². The van der Waals surface area contributed by atoms with Crippen LogP contribution in [0.2, 0.25) is 0 Å². The van der Waals surface area contributed by atoms with Gasteiger partial charge in [0.05, 0.1) is 5.75 Å². The number of benzene rings is 1. The first kappa shape index (κ1) is 17.8. The summed E-state index contributed by atoms with van der Waals surface area (Å²) in [6.07, 6.45) is 1.03. The number of carbonyl (C=O) groups is 1. The second-order valence-electron chi connectivity index (χ2n) is 4.91. The molecule has 0 bridgehead atoms. The van der Waals surface area contributed by atoms with Crippen LogP contribution in [0.1, 0.15) is 17.5 Å². The first-order chi connectivity index (χ1) is 9.06. The minimum atomic E-state index is 0. The molecule has 0 aromatic heterocycles. The lowest BCUT2D eigenvalue weighted by Gasteiger charge is -2.12. The van der Waals surface area contributed by atoms with Gasteiger partial charge in [0.25, 0.3) is 0 Å². The van der Waals surface area contributed by atoms with Crippen molar-refractivity contribution in [3.63, 3.8) is 0 Å². The van der Waals surface area contributed by atoms with Crippen molar-refractivity contribution in [1.29, 1.82) is 0 Å². The Morgan fingerprint density at radius 1 is 1.45 bits per heavy atom. The summed E-state index contributed by atoms with van der Waals surface area (Å²) >= 11 is 5.13. The van der Waals surface area contributed by atoms with Crippen LogP contribution in [-0.2, 0) is 4.79 Å². The number of halogens is 2. The molecule has 1 aliphatic heterocycles. The SMILES string of the molecule is Cc1cc(SCC(=O)NC2CCNC2)c(C)cc1Br.Cl. The minimum absolute atomic E-state index is 0. The van der Waals surface area contributed by atoms with Gasteiger partial charge in [-0.15, -0.1) is 24.2 Å². The van der Waals surface area contributed by atoms with E-state index < -0.39 is 0 Å². The molecular weight excluding hydrogens is 360 g/mol. The second-order valence-corrected chi connectivity index (χ2v) is 6.78. The standard InChI is InChI=1S/C14H19BrN2OS.ClH/c1-9-6-13(10(2)5-12(9)15)19-8-14(18)17-11-3-4-16-7-11;/h5-6,11,16H,3-4,7-8H2,1-2H3,(H,17,18);1H. The average Bonchev–Trinajstić information content (AvgIpc) is 2.85. The zero-order valence-corrected chi connectivity index (χ0v) is 14.9. The quantitative estimate of drug-likeness (QED) is 0.790. The lowest BCUT2D eigenvalue weighted by Crippen LogP contribution is -2.37. The smallest absolute Gasteiger partial charge is 0.230 e. The van der Waals surface area contributed by atoms with E-state index in [4.69, 9.17) is 0 Å². The normalized spacial score (nSPS) is 17.6. The van der Waals surface area contributed by atoms with Crippen molar-refractivity contribution in [3.8, 4) is 0 Å². The van der Waals surface area contributed by atoms with Gasteiger partial charge in [0.1, 0.15) is 0 Å². The molecule has 1 aromatic rings. The number of hydrogen-bond acceptors (Lipinski definition) is 3. The molecule has 20 heavy (non-hydrogen) atoms. The second kappa shape index (κ2) is 8.27. The van der Waals surface area contributed by atoms with Crippen molar-refractivity contribution >= 4 is 46.0 Å². The third kappa shape index (κ3) is 4.95. The van der Waals surface area contributed by atoms with E-state index in [1.54, 1.807) is 11.8 Å². The fourth-order valence-corrected chi connectivity index (χ4v) is 3.47. The van der Waals surface area contributed by atoms with Crippen molar-refractivity contribution < 1.29 is 4.79 Å². The topological polar surface area (TPSA) is 41.1 Å². The van der Waals surface area contributed by atoms with E-state index in [0.717, 1.165) is 24.0 Å². The number of carbonyl (C=O) groups excluding carboxylic acids is 1. The zero-order chi connectivity index (χ0) is 13.8. The van der Waals surface area contributed by atoms with E-state index in [0.29, 0.717) is 11.8 Å². The van der Waals surface area contributed by atoms with Gasteiger partial charge in [0, 0.05) is 22.0 Å². The first-order valence-corrected chi connectivity index (χ1v) is 8.24. The largest absolute Gasteiger partial charge is 0.351 e. The number of aryl methyl sites for hydroxylation is 2. The van der Waals surface area contributed by atoms with Crippen LogP contribution in [-0.4, -0.2) is 30.8 Å². The highest BCUT2D eigenvalue weighted by Crippen LogP contribution is 2.28. The molecule has 1 saturated heterocycles. The molecule has 1 atom stereocenters. The molecule has 0 spiro atoms. The molecule has 1 aliphatic rings. The van der Waals surface area contributed by atoms with E-state index in [-0.39, 0.29) is 18.3 Å². The molecule has 2 N–H and O–H groups in total. The van der Waals surface area contributed by atoms with Crippen LogP contribution < -0.4 is 10.6 Å². The molecule has 1 unspecified atom stereocenters. The number of hydrogen-bond donors (Lipinski definition) is 2. The number of nitrogens with one attached hydrogen (secondary N) is 2. The molecule has 1 amide bonds. The van der Waals surface area contributed by atoms with Gasteiger partial charge in [-0.2, -0.15) is 0 Å². The van der Waals surface area contributed by atoms with Crippen molar-refractivity contribution in [2.45, 2.75) is 31.2 Å². The van der Waals surface area contributed by atoms with Gasteiger partial charge in [-0.3, -0.25) is 4.79 Å². The van der Waals surface area contributed by atoms with Gasteiger partial charge < -0.3 is 10.6 Å². The van der Waals surface area contributed by atoms with E-state index in [9.17, 15) is 4.79 Å². The summed E-state index contributed by atoms with van der Waals surface area (Å²) in [6, 6.07) is 4.55. The zero-order valence-electron chi connectivity index (χ0n) is 11.7. The average molecular weight is 380 g/mol. The van der Waals surface area contributed by atoms with Gasteiger partial charge in [0.15, 0.2) is 0 Å². The summed E-state index contributed by atoms with van der Waals surface area (Å²) in [7, 11) is 0. The van der Waals surface area contributed by atoms with Gasteiger partial charge >= 0.3 is 0 Å². The third-order valence-corrected chi connectivity index (χ3v) is 5.25. The predicted molar refractivity (Wildman–Crippen MR) is 91.0 cm³/mol. The number of rotatable bonds is 4. The fourth-order valence-electron chi connectivity index (χ4n) is 2.10. The molecule has 2 rings (SSSR count). The Labute approximate surface area is 139 Å². The van der Waals surface area contributed by atoms with Crippen LogP contribution in [0.4, 0.5) is 0 Å². The molecule has 6 heteroatoms. The Balaban J connectivity index is 0.00000200. The van der Waals surface area contributed by atoms with Gasteiger partial charge in [-0.05, 0) is 50.1 Å². The van der Waals surface area contributed by atoms with Crippen LogP contribution >= 0.6 is 40.1 Å². The monoisotopic (exact) mass is 378 g/mol. The van der Waals surface area contributed by atoms with Crippen molar-refractivity contribution in [2.75, 3.05) is 18.8 Å². The maximum atomic E-state index is 11.9. The van der Waals surface area contributed by atoms with Crippen LogP contribution in [0.3, 0.4) is 0 Å². The molecule has 0 radical (unpaired) electrons. The van der Waals surface area contributed by atoms with Crippen LogP contribution in [0, 0.1) is 13.8 Å². The van der Waals surface area contributed by atoms with Crippen LogP contribution in [0.5, 0.6) is 0 Å². The molecular formula is C14H20BrClN2OS. The first-order valence-electron chi connectivity index (χ1n) is 6.46. The summed E-state index contributed by atoms with van der Waals surface area (Å²) in [5, 5.41) is 6.31. The van der Waals surface area contributed by atoms with E-state index in [1.807, 2.05) is 0 Å². The molecule has 0 saturated carbocycles. The van der Waals surface area contributed by atoms with E-state index in [2.05, 4.69) is 52.5 Å². The molecule has 1 fully saturated rings. The fraction of sp³-hybridized carbons (Fsp3) is 0.500.